The van der Waals surface area contributed by atoms with Crippen LogP contribution in [0.4, 0.5) is 0 Å². The van der Waals surface area contributed by atoms with Crippen LogP contribution in [0.2, 0.25) is 0 Å². The van der Waals surface area contributed by atoms with E-state index in [9.17, 15) is 30.0 Å². The van der Waals surface area contributed by atoms with Crippen molar-refractivity contribution in [2.24, 2.45) is 40.4 Å². The average molecular weight is 473 g/mol. The molecule has 1 aromatic carbocycles. The van der Waals surface area contributed by atoms with Gasteiger partial charge in [-0.05, 0) is 85.4 Å². The second-order valence-corrected chi connectivity index (χ2v) is 12.7. The first-order valence-corrected chi connectivity index (χ1v) is 12.7. The second kappa shape index (κ2) is 7.97. The lowest BCUT2D eigenvalue weighted by molar-refractivity contribution is -0.0441. The zero-order valence-electron chi connectivity index (χ0n) is 21.3. The summed E-state index contributed by atoms with van der Waals surface area (Å²) in [5.74, 6) is -0.524. The summed E-state index contributed by atoms with van der Waals surface area (Å²) < 4.78 is 0. The fraction of sp³-hybridized carbons (Fsp3) is 0.714. The van der Waals surface area contributed by atoms with E-state index in [0.29, 0.717) is 30.8 Å². The number of fused-ring (bicyclic) bond motifs is 3. The molecule has 3 aliphatic rings. The Morgan fingerprint density at radius 3 is 1.88 bits per heavy atom. The van der Waals surface area contributed by atoms with Gasteiger partial charge in [-0.2, -0.15) is 0 Å². The van der Waals surface area contributed by atoms with Crippen LogP contribution in [-0.4, -0.2) is 38.6 Å². The summed E-state index contributed by atoms with van der Waals surface area (Å²) in [6.07, 6.45) is 4.71. The Balaban J connectivity index is 1.94. The third-order valence-electron chi connectivity index (χ3n) is 10.1. The van der Waals surface area contributed by atoms with Crippen LogP contribution in [0, 0.1) is 40.4 Å². The highest BCUT2D eigenvalue weighted by atomic mass is 16.3. The van der Waals surface area contributed by atoms with Crippen LogP contribution in [0.25, 0.3) is 0 Å². The molecule has 188 valence electrons. The zero-order chi connectivity index (χ0) is 25.4. The van der Waals surface area contributed by atoms with Gasteiger partial charge in [-0.1, -0.05) is 34.6 Å². The maximum absolute atomic E-state index is 11.8. The molecule has 1 aromatic rings. The van der Waals surface area contributed by atoms with Gasteiger partial charge in [0.1, 0.15) is 17.2 Å². The maximum Gasteiger partial charge on any atom is 0.157 e. The molecule has 0 bridgehead atoms. The SMILES string of the molecule is CC(C)C[C@H](c1c(O)c(C=O)c(O)c(C=O)c1O)[C@@]1(C)CCC2C1C1C(CC[C@@]2(C)O)C1(C)C. The van der Waals surface area contributed by atoms with Crippen LogP contribution in [-0.2, 0) is 0 Å². The standard InChI is InChI=1S/C28H40O6/c1-14(2)11-19(20-24(32)15(12-29)23(31)16(13-30)25(20)33)27(5)9-7-18-22(27)21-17(26(21,3)4)8-10-28(18,6)34/h12-14,17-19,21-22,31-34H,7-11H2,1-6H3/t17?,18?,19-,21?,22?,27-,28-/m1/s1. The Hall–Kier alpha value is -2.08. The van der Waals surface area contributed by atoms with Crippen molar-refractivity contribution in [3.8, 4) is 17.2 Å². The molecule has 3 saturated carbocycles. The van der Waals surface area contributed by atoms with Crippen LogP contribution in [0.1, 0.15) is 106 Å². The normalized spacial score (nSPS) is 36.9. The number of phenols is 3. The van der Waals surface area contributed by atoms with Gasteiger partial charge in [0.15, 0.2) is 12.6 Å². The Bertz CT molecular complexity index is 974. The predicted octanol–water partition coefficient (Wildman–Crippen LogP) is 5.41. The number of phenolic OH excluding ortho intramolecular Hbond substituents is 3. The van der Waals surface area contributed by atoms with Gasteiger partial charge in [0.25, 0.3) is 0 Å². The van der Waals surface area contributed by atoms with E-state index in [-0.39, 0.29) is 51.2 Å². The fourth-order valence-electron chi connectivity index (χ4n) is 8.23. The molecule has 6 nitrogen and oxygen atoms in total. The summed E-state index contributed by atoms with van der Waals surface area (Å²) in [7, 11) is 0. The number of aliphatic hydroxyl groups is 1. The first-order valence-electron chi connectivity index (χ1n) is 12.7. The van der Waals surface area contributed by atoms with Crippen molar-refractivity contribution in [2.75, 3.05) is 0 Å². The van der Waals surface area contributed by atoms with Crippen molar-refractivity contribution >= 4 is 12.6 Å². The van der Waals surface area contributed by atoms with Gasteiger partial charge < -0.3 is 20.4 Å². The van der Waals surface area contributed by atoms with Gasteiger partial charge in [-0.25, -0.2) is 0 Å². The number of hydrogen-bond donors (Lipinski definition) is 4. The molecule has 0 spiro atoms. The van der Waals surface area contributed by atoms with E-state index in [1.165, 1.54) is 0 Å². The predicted molar refractivity (Wildman–Crippen MR) is 129 cm³/mol. The van der Waals surface area contributed by atoms with Crippen LogP contribution in [0.5, 0.6) is 17.2 Å². The third-order valence-corrected chi connectivity index (χ3v) is 10.1. The Labute approximate surface area is 202 Å². The molecular weight excluding hydrogens is 432 g/mol. The Kier molecular flexibility index (Phi) is 5.87. The maximum atomic E-state index is 11.8. The topological polar surface area (TPSA) is 115 Å². The molecule has 6 heteroatoms. The quantitative estimate of drug-likeness (QED) is 0.412. The minimum atomic E-state index is -0.782. The molecule has 0 radical (unpaired) electrons. The van der Waals surface area contributed by atoms with Gasteiger partial charge in [0.2, 0.25) is 0 Å². The van der Waals surface area contributed by atoms with Crippen LogP contribution in [0.3, 0.4) is 0 Å². The van der Waals surface area contributed by atoms with Crippen molar-refractivity contribution in [3.05, 3.63) is 16.7 Å². The lowest BCUT2D eigenvalue weighted by Gasteiger charge is -2.45. The highest BCUT2D eigenvalue weighted by Crippen LogP contribution is 2.76. The highest BCUT2D eigenvalue weighted by molar-refractivity contribution is 5.95. The van der Waals surface area contributed by atoms with Crippen LogP contribution in [0.15, 0.2) is 0 Å². The Morgan fingerprint density at radius 2 is 1.38 bits per heavy atom. The van der Waals surface area contributed by atoms with Gasteiger partial charge in [0.05, 0.1) is 16.7 Å². The molecule has 4 unspecified atom stereocenters. The minimum Gasteiger partial charge on any atom is -0.507 e. The van der Waals surface area contributed by atoms with Crippen LogP contribution < -0.4 is 0 Å². The van der Waals surface area contributed by atoms with E-state index in [4.69, 9.17) is 0 Å². The van der Waals surface area contributed by atoms with Gasteiger partial charge >= 0.3 is 0 Å². The number of rotatable bonds is 6. The van der Waals surface area contributed by atoms with Gasteiger partial charge in [0, 0.05) is 5.56 Å². The molecule has 34 heavy (non-hydrogen) atoms. The number of benzene rings is 1. The molecule has 0 aliphatic heterocycles. The molecule has 0 amide bonds. The lowest BCUT2D eigenvalue weighted by Crippen LogP contribution is -2.42. The Morgan fingerprint density at radius 1 is 0.853 bits per heavy atom. The summed E-state index contributed by atoms with van der Waals surface area (Å²) in [4.78, 5) is 23.6. The van der Waals surface area contributed by atoms with E-state index in [1.54, 1.807) is 0 Å². The van der Waals surface area contributed by atoms with Gasteiger partial charge in [-0.15, -0.1) is 0 Å². The number of carbonyl (C=O) groups excluding carboxylic acids is 2. The molecule has 0 aromatic heterocycles. The fourth-order valence-corrected chi connectivity index (χ4v) is 8.23. The van der Waals surface area contributed by atoms with Crippen molar-refractivity contribution in [3.63, 3.8) is 0 Å². The number of aldehydes is 2. The number of aromatic hydroxyl groups is 3. The number of hydrogen-bond acceptors (Lipinski definition) is 6. The third kappa shape index (κ3) is 3.39. The van der Waals surface area contributed by atoms with Gasteiger partial charge in [-0.3, -0.25) is 9.59 Å². The molecule has 4 rings (SSSR count). The lowest BCUT2D eigenvalue weighted by atomic mass is 9.59. The number of carbonyl (C=O) groups is 2. The van der Waals surface area contributed by atoms with E-state index in [1.807, 2.05) is 6.92 Å². The van der Waals surface area contributed by atoms with Crippen molar-refractivity contribution < 1.29 is 30.0 Å². The highest BCUT2D eigenvalue weighted by Gasteiger charge is 2.70. The molecule has 0 saturated heterocycles. The van der Waals surface area contributed by atoms with Crippen LogP contribution >= 0.6 is 0 Å². The van der Waals surface area contributed by atoms with E-state index >= 15 is 0 Å². The summed E-state index contributed by atoms with van der Waals surface area (Å²) in [6, 6.07) is 0. The largest absolute Gasteiger partial charge is 0.507 e. The molecule has 4 N–H and O–H groups in total. The zero-order valence-corrected chi connectivity index (χ0v) is 21.3. The van der Waals surface area contributed by atoms with E-state index < -0.39 is 22.8 Å². The second-order valence-electron chi connectivity index (χ2n) is 12.7. The molecule has 3 fully saturated rings. The molecule has 7 atom stereocenters. The minimum absolute atomic E-state index is 0.0985. The summed E-state index contributed by atoms with van der Waals surface area (Å²) in [5.41, 5.74) is -1.55. The smallest absolute Gasteiger partial charge is 0.157 e. The van der Waals surface area contributed by atoms with E-state index in [2.05, 4.69) is 34.6 Å². The first kappa shape index (κ1) is 25.0. The first-order chi connectivity index (χ1) is 15.7. The summed E-state index contributed by atoms with van der Waals surface area (Å²) in [6.45, 7) is 12.9. The molecule has 0 heterocycles. The van der Waals surface area contributed by atoms with Crippen molar-refractivity contribution in [1.82, 2.24) is 0 Å². The van der Waals surface area contributed by atoms with E-state index in [0.717, 1.165) is 25.7 Å². The van der Waals surface area contributed by atoms with Crippen molar-refractivity contribution in [1.29, 1.82) is 0 Å². The average Bonchev–Trinajstić information content (AvgIpc) is 3.13. The summed E-state index contributed by atoms with van der Waals surface area (Å²) >= 11 is 0. The monoisotopic (exact) mass is 472 g/mol. The summed E-state index contributed by atoms with van der Waals surface area (Å²) in [5, 5.41) is 44.1. The molecular formula is C28H40O6. The van der Waals surface area contributed by atoms with Crippen molar-refractivity contribution in [2.45, 2.75) is 85.2 Å². The molecule has 3 aliphatic carbocycles.